The summed E-state index contributed by atoms with van der Waals surface area (Å²) in [4.78, 5) is 17.7. The van der Waals surface area contributed by atoms with E-state index in [0.29, 0.717) is 24.5 Å². The number of hydrogen-bond donors (Lipinski definition) is 0. The molecule has 0 spiro atoms. The van der Waals surface area contributed by atoms with E-state index in [2.05, 4.69) is 26.1 Å². The Morgan fingerprint density at radius 1 is 1.29 bits per heavy atom. The van der Waals surface area contributed by atoms with Crippen LogP contribution in [0.5, 0.6) is 0 Å². The Labute approximate surface area is 148 Å². The Kier molecular flexibility index (Phi) is 5.00. The van der Waals surface area contributed by atoms with Crippen molar-refractivity contribution in [2.24, 2.45) is 0 Å². The van der Waals surface area contributed by atoms with E-state index in [9.17, 15) is 13.2 Å². The van der Waals surface area contributed by atoms with E-state index in [-0.39, 0.29) is 11.8 Å². The van der Waals surface area contributed by atoms with E-state index in [1.165, 1.54) is 0 Å². The largest absolute Gasteiger partial charge is 0.342 e. The monoisotopic (exact) mass is 413 g/mol. The van der Waals surface area contributed by atoms with E-state index in [1.54, 1.807) is 17.0 Å². The molecule has 1 aliphatic heterocycles. The molecule has 1 amide bonds. The number of aromatic nitrogens is 2. The van der Waals surface area contributed by atoms with Crippen molar-refractivity contribution >= 4 is 31.7 Å². The van der Waals surface area contributed by atoms with Gasteiger partial charge in [-0.3, -0.25) is 4.79 Å². The summed E-state index contributed by atoms with van der Waals surface area (Å²) in [7, 11) is -3.65. The minimum Gasteiger partial charge on any atom is -0.342 e. The van der Waals surface area contributed by atoms with Crippen LogP contribution in [-0.4, -0.2) is 48.2 Å². The van der Waals surface area contributed by atoms with Crippen LogP contribution in [-0.2, 0) is 20.4 Å². The van der Waals surface area contributed by atoms with Crippen LogP contribution in [0.15, 0.2) is 33.3 Å². The minimum atomic E-state index is -3.65. The van der Waals surface area contributed by atoms with Crippen molar-refractivity contribution in [3.05, 3.63) is 34.6 Å². The zero-order valence-electron chi connectivity index (χ0n) is 12.8. The predicted octanol–water partition coefficient (Wildman–Crippen LogP) is 2.04. The summed E-state index contributed by atoms with van der Waals surface area (Å²) in [6.07, 6.45) is 1.84. The van der Waals surface area contributed by atoms with Gasteiger partial charge >= 0.3 is 0 Å². The topological polar surface area (TPSA) is 93.4 Å². The molecule has 1 aromatic carbocycles. The smallest absolute Gasteiger partial charge is 0.242 e. The molecule has 0 aliphatic carbocycles. The lowest BCUT2D eigenvalue weighted by Gasteiger charge is -2.14. The molecule has 24 heavy (non-hydrogen) atoms. The highest BCUT2D eigenvalue weighted by molar-refractivity contribution is 9.10. The van der Waals surface area contributed by atoms with Crippen LogP contribution in [0.25, 0.3) is 11.4 Å². The number of nitrogens with zero attached hydrogens (tertiary/aromatic N) is 3. The second-order valence-corrected chi connectivity index (χ2v) is 8.62. The van der Waals surface area contributed by atoms with Crippen LogP contribution in [0.3, 0.4) is 0 Å². The van der Waals surface area contributed by atoms with Gasteiger partial charge in [0.1, 0.15) is 11.5 Å². The van der Waals surface area contributed by atoms with Crippen LogP contribution in [0, 0.1) is 0 Å². The molecule has 1 saturated heterocycles. The number of halogens is 1. The molecule has 0 N–H and O–H groups in total. The lowest BCUT2D eigenvalue weighted by molar-refractivity contribution is -0.127. The Balaban J connectivity index is 1.68. The first-order valence-corrected chi connectivity index (χ1v) is 10.1. The maximum absolute atomic E-state index is 12.2. The highest BCUT2D eigenvalue weighted by atomic mass is 79.9. The first-order valence-electron chi connectivity index (χ1n) is 7.50. The Bertz CT molecular complexity index is 844. The fourth-order valence-corrected chi connectivity index (χ4v) is 4.10. The lowest BCUT2D eigenvalue weighted by atomic mass is 10.2. The summed E-state index contributed by atoms with van der Waals surface area (Å²) < 4.78 is 30.2. The van der Waals surface area contributed by atoms with Gasteiger partial charge in [-0.15, -0.1) is 0 Å². The Morgan fingerprint density at radius 3 is 2.75 bits per heavy atom. The van der Waals surface area contributed by atoms with Gasteiger partial charge in [-0.25, -0.2) is 8.42 Å². The third-order valence-electron chi connectivity index (χ3n) is 3.70. The van der Waals surface area contributed by atoms with Crippen molar-refractivity contribution in [2.75, 3.05) is 18.8 Å². The van der Waals surface area contributed by atoms with E-state index in [4.69, 9.17) is 4.52 Å². The number of hydrogen-bond acceptors (Lipinski definition) is 6. The maximum Gasteiger partial charge on any atom is 0.242 e. The zero-order valence-corrected chi connectivity index (χ0v) is 15.2. The van der Waals surface area contributed by atoms with Crippen LogP contribution >= 0.6 is 15.9 Å². The van der Waals surface area contributed by atoms with Crippen molar-refractivity contribution < 1.29 is 17.7 Å². The average molecular weight is 414 g/mol. The standard InChI is InChI=1S/C15H16BrN3O4S/c16-12-5-3-4-11(8-12)15-17-13(23-18-15)9-24(21,22)10-14(20)19-6-1-2-7-19/h3-5,8H,1-2,6-7,9-10H2. The van der Waals surface area contributed by atoms with Crippen LogP contribution in [0.1, 0.15) is 18.7 Å². The van der Waals surface area contributed by atoms with E-state index in [1.807, 2.05) is 12.1 Å². The van der Waals surface area contributed by atoms with Crippen molar-refractivity contribution in [3.63, 3.8) is 0 Å². The minimum absolute atomic E-state index is 0.0146. The molecule has 3 rings (SSSR count). The second-order valence-electron chi connectivity index (χ2n) is 5.64. The average Bonchev–Trinajstić information content (AvgIpc) is 3.17. The molecule has 1 aromatic heterocycles. The number of carbonyl (C=O) groups is 1. The molecule has 1 fully saturated rings. The van der Waals surface area contributed by atoms with Crippen molar-refractivity contribution in [2.45, 2.75) is 18.6 Å². The summed E-state index contributed by atoms with van der Waals surface area (Å²) >= 11 is 3.35. The molecule has 128 valence electrons. The summed E-state index contributed by atoms with van der Waals surface area (Å²) in [6, 6.07) is 7.28. The SMILES string of the molecule is O=C(CS(=O)(=O)Cc1nc(-c2cccc(Br)c2)no1)N1CCCC1. The van der Waals surface area contributed by atoms with Crippen LogP contribution in [0.2, 0.25) is 0 Å². The van der Waals surface area contributed by atoms with Gasteiger partial charge in [-0.1, -0.05) is 33.2 Å². The van der Waals surface area contributed by atoms with E-state index < -0.39 is 21.3 Å². The molecule has 9 heteroatoms. The van der Waals surface area contributed by atoms with E-state index in [0.717, 1.165) is 17.3 Å². The third-order valence-corrected chi connectivity index (χ3v) is 5.56. The fraction of sp³-hybridized carbons (Fsp3) is 0.400. The number of carbonyl (C=O) groups excluding carboxylic acids is 1. The molecular formula is C15H16BrN3O4S. The van der Waals surface area contributed by atoms with Gasteiger partial charge in [-0.2, -0.15) is 4.98 Å². The molecule has 0 unspecified atom stereocenters. The van der Waals surface area contributed by atoms with Gasteiger partial charge in [0.2, 0.25) is 17.6 Å². The number of amides is 1. The lowest BCUT2D eigenvalue weighted by Crippen LogP contribution is -2.33. The molecule has 2 heterocycles. The first-order chi connectivity index (χ1) is 11.4. The molecular weight excluding hydrogens is 398 g/mol. The molecule has 0 atom stereocenters. The van der Waals surface area contributed by atoms with Crippen molar-refractivity contribution in [1.82, 2.24) is 15.0 Å². The fourth-order valence-electron chi connectivity index (χ4n) is 2.54. The highest BCUT2D eigenvalue weighted by Gasteiger charge is 2.26. The zero-order chi connectivity index (χ0) is 17.2. The number of sulfone groups is 1. The molecule has 1 aliphatic rings. The molecule has 0 radical (unpaired) electrons. The summed E-state index contributed by atoms with van der Waals surface area (Å²) in [5, 5.41) is 3.80. The summed E-state index contributed by atoms with van der Waals surface area (Å²) in [5.74, 6) is -1.03. The van der Waals surface area contributed by atoms with Gasteiger partial charge in [0.05, 0.1) is 0 Å². The number of rotatable bonds is 5. The summed E-state index contributed by atoms with van der Waals surface area (Å²) in [6.45, 7) is 1.25. The predicted molar refractivity (Wildman–Crippen MR) is 90.7 cm³/mol. The van der Waals surface area contributed by atoms with Gasteiger partial charge < -0.3 is 9.42 Å². The van der Waals surface area contributed by atoms with Gasteiger partial charge in [0.25, 0.3) is 0 Å². The normalized spacial score (nSPS) is 15.0. The highest BCUT2D eigenvalue weighted by Crippen LogP contribution is 2.21. The Hall–Kier alpha value is -1.74. The summed E-state index contributed by atoms with van der Waals surface area (Å²) in [5.41, 5.74) is 0.713. The molecule has 0 bridgehead atoms. The van der Waals surface area contributed by atoms with Gasteiger partial charge in [-0.05, 0) is 25.0 Å². The third kappa shape index (κ3) is 4.21. The number of likely N-dealkylation sites (tertiary alicyclic amines) is 1. The van der Waals surface area contributed by atoms with Gasteiger partial charge in [0, 0.05) is 23.1 Å². The maximum atomic E-state index is 12.2. The van der Waals surface area contributed by atoms with Crippen LogP contribution < -0.4 is 0 Å². The van der Waals surface area contributed by atoms with Crippen molar-refractivity contribution in [1.29, 1.82) is 0 Å². The Morgan fingerprint density at radius 2 is 2.04 bits per heavy atom. The molecule has 2 aromatic rings. The molecule has 0 saturated carbocycles. The molecule has 7 nitrogen and oxygen atoms in total. The quantitative estimate of drug-likeness (QED) is 0.744. The van der Waals surface area contributed by atoms with Crippen molar-refractivity contribution in [3.8, 4) is 11.4 Å². The van der Waals surface area contributed by atoms with Crippen LogP contribution in [0.4, 0.5) is 0 Å². The first kappa shape index (κ1) is 17.1. The number of benzene rings is 1. The van der Waals surface area contributed by atoms with E-state index >= 15 is 0 Å². The van der Waals surface area contributed by atoms with Gasteiger partial charge in [0.15, 0.2) is 9.84 Å². The second kappa shape index (κ2) is 7.02.